The molecule has 2 nitrogen and oxygen atoms in total. The maximum Gasteiger partial charge on any atom is 0.0894 e. The minimum absolute atomic E-state index is 0.950. The zero-order valence-corrected chi connectivity index (χ0v) is 8.36. The molecule has 2 heteroatoms. The van der Waals surface area contributed by atoms with Crippen LogP contribution in [0.1, 0.15) is 13.8 Å². The van der Waals surface area contributed by atoms with Crippen LogP contribution in [0.15, 0.2) is 24.3 Å². The molecule has 0 aliphatic heterocycles. The second-order valence-corrected chi connectivity index (χ2v) is 3.06. The van der Waals surface area contributed by atoms with Crippen LogP contribution in [0.4, 0.5) is 0 Å². The van der Waals surface area contributed by atoms with Gasteiger partial charge in [-0.05, 0) is 26.0 Å². The van der Waals surface area contributed by atoms with Crippen molar-refractivity contribution >= 4 is 23.2 Å². The zero-order valence-electron chi connectivity index (χ0n) is 8.36. The van der Waals surface area contributed by atoms with Crippen LogP contribution in [0.5, 0.6) is 0 Å². The van der Waals surface area contributed by atoms with E-state index in [1.54, 1.807) is 0 Å². The van der Waals surface area contributed by atoms with Gasteiger partial charge in [0.05, 0.1) is 21.7 Å². The molecule has 70 valence electrons. The van der Waals surface area contributed by atoms with E-state index in [-0.39, 0.29) is 0 Å². The average Bonchev–Trinajstić information content (AvgIpc) is 2.27. The summed E-state index contributed by atoms with van der Waals surface area (Å²) in [6.45, 7) is 3.96. The van der Waals surface area contributed by atoms with E-state index in [0.29, 0.717) is 0 Å². The lowest BCUT2D eigenvalue weighted by atomic mass is 10.3. The SMILES string of the molecule is C/C=c1/nc2ccccc2n/c1=C/C. The van der Waals surface area contributed by atoms with Crippen LogP contribution in [0, 0.1) is 0 Å². The fourth-order valence-electron chi connectivity index (χ4n) is 1.45. The molecule has 0 spiro atoms. The molecule has 2 aromatic rings. The molecule has 0 unspecified atom stereocenters. The Hall–Kier alpha value is -1.70. The Bertz CT molecular complexity index is 518. The molecule has 0 saturated carbocycles. The van der Waals surface area contributed by atoms with E-state index < -0.39 is 0 Å². The maximum atomic E-state index is 4.52. The molecular weight excluding hydrogens is 172 g/mol. The van der Waals surface area contributed by atoms with E-state index in [4.69, 9.17) is 0 Å². The predicted octanol–water partition coefficient (Wildman–Crippen LogP) is 1.23. The average molecular weight is 184 g/mol. The number of hydrogen-bond acceptors (Lipinski definition) is 2. The van der Waals surface area contributed by atoms with Crippen molar-refractivity contribution in [3.8, 4) is 0 Å². The second-order valence-electron chi connectivity index (χ2n) is 3.06. The standard InChI is InChI=1S/C12H12N2/c1-3-9-10(4-2)14-12-8-6-5-7-11(12)13-9/h3-8H,1-2H3/b9-3+,10-4+. The molecule has 0 N–H and O–H groups in total. The summed E-state index contributed by atoms with van der Waals surface area (Å²) >= 11 is 0. The number of hydrogen-bond donors (Lipinski definition) is 0. The van der Waals surface area contributed by atoms with Crippen LogP contribution < -0.4 is 10.7 Å². The van der Waals surface area contributed by atoms with Gasteiger partial charge >= 0.3 is 0 Å². The molecule has 0 fully saturated rings. The minimum atomic E-state index is 0.950. The molecule has 14 heavy (non-hydrogen) atoms. The molecule has 1 aromatic carbocycles. The number of para-hydroxylation sites is 2. The molecule has 0 bridgehead atoms. The Labute approximate surface area is 82.6 Å². The van der Waals surface area contributed by atoms with E-state index in [1.165, 1.54) is 0 Å². The van der Waals surface area contributed by atoms with Crippen molar-refractivity contribution in [3.63, 3.8) is 0 Å². The van der Waals surface area contributed by atoms with Crippen molar-refractivity contribution in [2.75, 3.05) is 0 Å². The molecule has 1 aromatic heterocycles. The van der Waals surface area contributed by atoms with Gasteiger partial charge in [-0.1, -0.05) is 24.3 Å². The zero-order chi connectivity index (χ0) is 9.97. The summed E-state index contributed by atoms with van der Waals surface area (Å²) in [5, 5.41) is 1.90. The first-order valence-corrected chi connectivity index (χ1v) is 4.70. The Balaban J connectivity index is 2.98. The number of benzene rings is 1. The van der Waals surface area contributed by atoms with Crippen molar-refractivity contribution in [3.05, 3.63) is 35.0 Å². The van der Waals surface area contributed by atoms with Crippen LogP contribution >= 0.6 is 0 Å². The van der Waals surface area contributed by atoms with Gasteiger partial charge in [0.15, 0.2) is 0 Å². The third kappa shape index (κ3) is 1.39. The summed E-state index contributed by atoms with van der Waals surface area (Å²) < 4.78 is 0. The lowest BCUT2D eigenvalue weighted by Gasteiger charge is -1.95. The van der Waals surface area contributed by atoms with Crippen molar-refractivity contribution in [2.24, 2.45) is 0 Å². The molecule has 1 heterocycles. The number of fused-ring (bicyclic) bond motifs is 1. The quantitative estimate of drug-likeness (QED) is 0.615. The minimum Gasteiger partial charge on any atom is -0.245 e. The summed E-state index contributed by atoms with van der Waals surface area (Å²) in [4.78, 5) is 9.03. The maximum absolute atomic E-state index is 4.52. The molecule has 0 radical (unpaired) electrons. The fraction of sp³-hybridized carbons (Fsp3) is 0.167. The molecule has 0 amide bonds. The van der Waals surface area contributed by atoms with Crippen LogP contribution in [0.2, 0.25) is 0 Å². The predicted molar refractivity (Wildman–Crippen MR) is 59.1 cm³/mol. The van der Waals surface area contributed by atoms with Crippen LogP contribution in [-0.4, -0.2) is 9.97 Å². The third-order valence-electron chi connectivity index (χ3n) is 2.17. The molecule has 0 aliphatic rings. The van der Waals surface area contributed by atoms with Gasteiger partial charge in [-0.2, -0.15) is 0 Å². The summed E-state index contributed by atoms with van der Waals surface area (Å²) in [6.07, 6.45) is 3.96. The van der Waals surface area contributed by atoms with Crippen molar-refractivity contribution in [1.82, 2.24) is 9.97 Å². The second kappa shape index (κ2) is 3.58. The molecule has 2 rings (SSSR count). The third-order valence-corrected chi connectivity index (χ3v) is 2.17. The number of nitrogens with zero attached hydrogens (tertiary/aromatic N) is 2. The highest BCUT2D eigenvalue weighted by atomic mass is 14.8. The van der Waals surface area contributed by atoms with E-state index in [0.717, 1.165) is 21.7 Å². The lowest BCUT2D eigenvalue weighted by Crippen LogP contribution is -2.30. The summed E-state index contributed by atoms with van der Waals surface area (Å²) in [7, 11) is 0. The van der Waals surface area contributed by atoms with Crippen LogP contribution in [0.25, 0.3) is 23.2 Å². The van der Waals surface area contributed by atoms with Crippen molar-refractivity contribution < 1.29 is 0 Å². The summed E-state index contributed by atoms with van der Waals surface area (Å²) in [5.74, 6) is 0. The first-order chi connectivity index (χ1) is 6.85. The summed E-state index contributed by atoms with van der Waals surface area (Å²) in [5.41, 5.74) is 1.90. The summed E-state index contributed by atoms with van der Waals surface area (Å²) in [6, 6.07) is 7.92. The van der Waals surface area contributed by atoms with Gasteiger partial charge in [0.1, 0.15) is 0 Å². The van der Waals surface area contributed by atoms with Gasteiger partial charge in [0.2, 0.25) is 0 Å². The fourth-order valence-corrected chi connectivity index (χ4v) is 1.45. The first-order valence-electron chi connectivity index (χ1n) is 4.70. The van der Waals surface area contributed by atoms with Crippen LogP contribution in [0.3, 0.4) is 0 Å². The van der Waals surface area contributed by atoms with Gasteiger partial charge in [-0.3, -0.25) is 0 Å². The molecular formula is C12H12N2. The number of rotatable bonds is 0. The highest BCUT2D eigenvalue weighted by Crippen LogP contribution is 2.02. The highest BCUT2D eigenvalue weighted by molar-refractivity contribution is 5.73. The van der Waals surface area contributed by atoms with Crippen LogP contribution in [-0.2, 0) is 0 Å². The lowest BCUT2D eigenvalue weighted by molar-refractivity contribution is 1.16. The van der Waals surface area contributed by atoms with Crippen molar-refractivity contribution in [1.29, 1.82) is 0 Å². The Morgan fingerprint density at radius 1 is 0.857 bits per heavy atom. The van der Waals surface area contributed by atoms with Gasteiger partial charge in [0, 0.05) is 0 Å². The van der Waals surface area contributed by atoms with E-state index in [1.807, 2.05) is 50.3 Å². The monoisotopic (exact) mass is 184 g/mol. The van der Waals surface area contributed by atoms with Gasteiger partial charge in [-0.25, -0.2) is 9.97 Å². The van der Waals surface area contributed by atoms with Gasteiger partial charge in [0.25, 0.3) is 0 Å². The highest BCUT2D eigenvalue weighted by Gasteiger charge is 1.94. The van der Waals surface area contributed by atoms with E-state index in [2.05, 4.69) is 9.97 Å². The Kier molecular flexibility index (Phi) is 2.27. The molecule has 0 atom stereocenters. The first kappa shape index (κ1) is 8.88. The van der Waals surface area contributed by atoms with Gasteiger partial charge in [-0.15, -0.1) is 0 Å². The molecule has 0 saturated heterocycles. The molecule has 0 aliphatic carbocycles. The number of aromatic nitrogens is 2. The largest absolute Gasteiger partial charge is 0.245 e. The topological polar surface area (TPSA) is 25.8 Å². The van der Waals surface area contributed by atoms with E-state index >= 15 is 0 Å². The normalized spacial score (nSPS) is 13.9. The van der Waals surface area contributed by atoms with Gasteiger partial charge < -0.3 is 0 Å². The Morgan fingerprint density at radius 3 is 1.64 bits per heavy atom. The van der Waals surface area contributed by atoms with Crippen molar-refractivity contribution in [2.45, 2.75) is 13.8 Å². The smallest absolute Gasteiger partial charge is 0.0894 e. The Morgan fingerprint density at radius 2 is 1.29 bits per heavy atom. The van der Waals surface area contributed by atoms with E-state index in [9.17, 15) is 0 Å².